The van der Waals surface area contributed by atoms with Crippen LogP contribution in [0.1, 0.15) is 32.4 Å². The van der Waals surface area contributed by atoms with Gasteiger partial charge in [0.05, 0.1) is 0 Å². The van der Waals surface area contributed by atoms with E-state index in [-0.39, 0.29) is 0 Å². The second-order valence-corrected chi connectivity index (χ2v) is 5.47. The third-order valence-electron chi connectivity index (χ3n) is 2.15. The molecular formula is C13H17ClN2O3. The molecule has 5 nitrogen and oxygen atoms in total. The summed E-state index contributed by atoms with van der Waals surface area (Å²) in [4.78, 5) is 23.1. The molecule has 104 valence electrons. The first-order chi connectivity index (χ1) is 8.69. The summed E-state index contributed by atoms with van der Waals surface area (Å²) in [6.07, 6.45) is -0.703. The Balaban J connectivity index is 2.82. The van der Waals surface area contributed by atoms with Gasteiger partial charge in [-0.2, -0.15) is 0 Å². The molecule has 0 spiro atoms. The van der Waals surface area contributed by atoms with Gasteiger partial charge in [0.15, 0.2) is 0 Å². The zero-order valence-corrected chi connectivity index (χ0v) is 11.8. The number of amides is 2. The number of hydrogen-bond donors (Lipinski definition) is 2. The van der Waals surface area contributed by atoms with E-state index in [1.54, 1.807) is 45.0 Å². The molecule has 0 fully saturated rings. The van der Waals surface area contributed by atoms with E-state index in [0.717, 1.165) is 0 Å². The Morgan fingerprint density at radius 2 is 1.79 bits per heavy atom. The molecule has 6 heteroatoms. The summed E-state index contributed by atoms with van der Waals surface area (Å²) in [6.45, 7) is 5.19. The average molecular weight is 285 g/mol. The lowest BCUT2D eigenvalue weighted by Crippen LogP contribution is -2.40. The fourth-order valence-corrected chi connectivity index (χ4v) is 1.53. The minimum absolute atomic E-state index is 0.532. The van der Waals surface area contributed by atoms with Crippen LogP contribution in [0.15, 0.2) is 24.3 Å². The molecule has 0 aliphatic rings. The molecule has 0 bridgehead atoms. The van der Waals surface area contributed by atoms with Gasteiger partial charge in [0.2, 0.25) is 5.91 Å². The first-order valence-corrected chi connectivity index (χ1v) is 6.11. The zero-order chi connectivity index (χ0) is 14.6. The summed E-state index contributed by atoms with van der Waals surface area (Å²) in [6, 6.07) is 5.52. The van der Waals surface area contributed by atoms with E-state index < -0.39 is 23.6 Å². The van der Waals surface area contributed by atoms with Crippen LogP contribution in [0.4, 0.5) is 4.79 Å². The van der Waals surface area contributed by atoms with Crippen molar-refractivity contribution in [3.8, 4) is 0 Å². The number of carbonyl (C=O) groups is 2. The van der Waals surface area contributed by atoms with Gasteiger partial charge in [0.1, 0.15) is 11.6 Å². The van der Waals surface area contributed by atoms with Crippen molar-refractivity contribution in [1.82, 2.24) is 5.32 Å². The third kappa shape index (κ3) is 5.18. The normalized spacial score (nSPS) is 12.6. The average Bonchev–Trinajstić information content (AvgIpc) is 2.24. The van der Waals surface area contributed by atoms with Crippen LogP contribution in [-0.2, 0) is 9.53 Å². The van der Waals surface area contributed by atoms with Crippen molar-refractivity contribution in [2.24, 2.45) is 5.73 Å². The van der Waals surface area contributed by atoms with Crippen LogP contribution in [0.2, 0.25) is 5.02 Å². The summed E-state index contributed by atoms with van der Waals surface area (Å²) in [5.74, 6) is -0.673. The molecule has 19 heavy (non-hydrogen) atoms. The number of rotatable bonds is 3. The Labute approximate surface area is 117 Å². The zero-order valence-electron chi connectivity index (χ0n) is 11.1. The fraction of sp³-hybridized carbons (Fsp3) is 0.385. The van der Waals surface area contributed by atoms with Crippen LogP contribution >= 0.6 is 11.6 Å². The van der Waals surface area contributed by atoms with Crippen LogP contribution in [-0.4, -0.2) is 17.6 Å². The predicted octanol–water partition coefficient (Wildman–Crippen LogP) is 2.39. The maximum atomic E-state index is 11.6. The number of nitrogens with one attached hydrogen (secondary N) is 1. The first-order valence-electron chi connectivity index (χ1n) is 5.73. The molecule has 1 unspecified atom stereocenters. The fourth-order valence-electron chi connectivity index (χ4n) is 1.40. The highest BCUT2D eigenvalue weighted by atomic mass is 35.5. The molecule has 0 aromatic heterocycles. The minimum atomic E-state index is -0.952. The highest BCUT2D eigenvalue weighted by Crippen LogP contribution is 2.17. The molecule has 1 aromatic carbocycles. The van der Waals surface area contributed by atoms with Crippen LogP contribution in [0.5, 0.6) is 0 Å². The molecule has 2 amide bonds. The van der Waals surface area contributed by atoms with Gasteiger partial charge < -0.3 is 15.8 Å². The van der Waals surface area contributed by atoms with Gasteiger partial charge in [0, 0.05) is 5.02 Å². The highest BCUT2D eigenvalue weighted by molar-refractivity contribution is 6.30. The Bertz CT molecular complexity index is 466. The van der Waals surface area contributed by atoms with E-state index in [4.69, 9.17) is 22.1 Å². The lowest BCUT2D eigenvalue weighted by Gasteiger charge is -2.22. The lowest BCUT2D eigenvalue weighted by molar-refractivity contribution is -0.120. The largest absolute Gasteiger partial charge is 0.444 e. The Morgan fingerprint density at radius 1 is 1.26 bits per heavy atom. The quantitative estimate of drug-likeness (QED) is 0.894. The number of hydrogen-bond acceptors (Lipinski definition) is 3. The van der Waals surface area contributed by atoms with E-state index in [1.807, 2.05) is 0 Å². The summed E-state index contributed by atoms with van der Waals surface area (Å²) in [7, 11) is 0. The van der Waals surface area contributed by atoms with Crippen molar-refractivity contribution in [3.63, 3.8) is 0 Å². The van der Waals surface area contributed by atoms with E-state index in [0.29, 0.717) is 10.6 Å². The Kier molecular flexibility index (Phi) is 4.78. The van der Waals surface area contributed by atoms with Crippen molar-refractivity contribution in [2.75, 3.05) is 0 Å². The number of primary amides is 1. The minimum Gasteiger partial charge on any atom is -0.444 e. The monoisotopic (exact) mass is 284 g/mol. The first kappa shape index (κ1) is 15.3. The van der Waals surface area contributed by atoms with E-state index in [9.17, 15) is 9.59 Å². The van der Waals surface area contributed by atoms with Crippen molar-refractivity contribution >= 4 is 23.6 Å². The van der Waals surface area contributed by atoms with Crippen molar-refractivity contribution in [1.29, 1.82) is 0 Å². The van der Waals surface area contributed by atoms with Crippen molar-refractivity contribution in [2.45, 2.75) is 32.4 Å². The molecule has 3 N–H and O–H groups in total. The summed E-state index contributed by atoms with van der Waals surface area (Å²) in [5, 5.41) is 2.96. The Hall–Kier alpha value is -1.75. The van der Waals surface area contributed by atoms with Gasteiger partial charge >= 0.3 is 6.09 Å². The number of nitrogens with two attached hydrogens (primary N) is 1. The van der Waals surface area contributed by atoms with Crippen LogP contribution in [0.3, 0.4) is 0 Å². The van der Waals surface area contributed by atoms with Crippen LogP contribution in [0, 0.1) is 0 Å². The molecule has 0 aliphatic carbocycles. The van der Waals surface area contributed by atoms with Gasteiger partial charge in [-0.05, 0) is 38.5 Å². The van der Waals surface area contributed by atoms with E-state index >= 15 is 0 Å². The molecule has 0 saturated heterocycles. The van der Waals surface area contributed by atoms with E-state index in [2.05, 4.69) is 5.32 Å². The molecule has 0 heterocycles. The van der Waals surface area contributed by atoms with Crippen molar-refractivity contribution in [3.05, 3.63) is 34.9 Å². The number of ether oxygens (including phenoxy) is 1. The molecule has 0 saturated carbocycles. The third-order valence-corrected chi connectivity index (χ3v) is 2.40. The van der Waals surface area contributed by atoms with Gasteiger partial charge in [0.25, 0.3) is 0 Å². The second-order valence-electron chi connectivity index (χ2n) is 5.03. The predicted molar refractivity (Wildman–Crippen MR) is 72.8 cm³/mol. The molecule has 1 aromatic rings. The molecule has 0 aliphatic heterocycles. The smallest absolute Gasteiger partial charge is 0.408 e. The number of benzene rings is 1. The second kappa shape index (κ2) is 5.93. The van der Waals surface area contributed by atoms with Crippen LogP contribution in [0.25, 0.3) is 0 Å². The number of alkyl carbamates (subject to hydrolysis) is 1. The molecular weight excluding hydrogens is 268 g/mol. The van der Waals surface area contributed by atoms with Gasteiger partial charge in [-0.15, -0.1) is 0 Å². The number of halogens is 1. The molecule has 1 rings (SSSR count). The maximum absolute atomic E-state index is 11.6. The van der Waals surface area contributed by atoms with E-state index in [1.165, 1.54) is 0 Å². The lowest BCUT2D eigenvalue weighted by atomic mass is 10.1. The topological polar surface area (TPSA) is 81.4 Å². The summed E-state index contributed by atoms with van der Waals surface area (Å²) >= 11 is 5.76. The van der Waals surface area contributed by atoms with Gasteiger partial charge in [-0.3, -0.25) is 4.79 Å². The standard InChI is InChI=1S/C13H17ClN2O3/c1-13(2,3)19-12(18)16-10(11(15)17)8-4-6-9(14)7-5-8/h4-7,10H,1-3H3,(H2,15,17)(H,16,18). The SMILES string of the molecule is CC(C)(C)OC(=O)NC(C(N)=O)c1ccc(Cl)cc1. The summed E-state index contributed by atoms with van der Waals surface area (Å²) in [5.41, 5.74) is 5.17. The Morgan fingerprint density at radius 3 is 2.21 bits per heavy atom. The van der Waals surface area contributed by atoms with Gasteiger partial charge in [-0.25, -0.2) is 4.79 Å². The molecule has 1 atom stereocenters. The maximum Gasteiger partial charge on any atom is 0.408 e. The number of carbonyl (C=O) groups excluding carboxylic acids is 2. The van der Waals surface area contributed by atoms with Crippen molar-refractivity contribution < 1.29 is 14.3 Å². The highest BCUT2D eigenvalue weighted by Gasteiger charge is 2.23. The van der Waals surface area contributed by atoms with Gasteiger partial charge in [-0.1, -0.05) is 23.7 Å². The summed E-state index contributed by atoms with van der Waals surface area (Å²) < 4.78 is 5.08. The van der Waals surface area contributed by atoms with Crippen LogP contribution < -0.4 is 11.1 Å². The molecule has 0 radical (unpaired) electrons.